The van der Waals surface area contributed by atoms with Gasteiger partial charge in [0.1, 0.15) is 11.6 Å². The van der Waals surface area contributed by atoms with Crippen molar-refractivity contribution in [3.63, 3.8) is 0 Å². The number of Topliss-reactive ketones (excluding diaryl/α,β-unsaturated/α-hetero) is 1. The number of hydrogen-bond donors (Lipinski definition) is 3. The van der Waals surface area contributed by atoms with Gasteiger partial charge in [-0.3, -0.25) is 19.2 Å². The fourth-order valence-corrected chi connectivity index (χ4v) is 9.39. The van der Waals surface area contributed by atoms with Crippen LogP contribution >= 0.6 is 11.8 Å². The van der Waals surface area contributed by atoms with Crippen molar-refractivity contribution in [1.82, 2.24) is 5.32 Å². The Hall–Kier alpha value is -2.84. The molecule has 0 heterocycles. The molecular formula is C30H42N2O11S. The number of carbonyl (C=O) groups is 5. The van der Waals surface area contributed by atoms with Crippen LogP contribution in [-0.2, 0) is 33.5 Å². The lowest BCUT2D eigenvalue weighted by Crippen LogP contribution is -2.62. The summed E-state index contributed by atoms with van der Waals surface area (Å²) >= 11 is 0.740. The largest absolute Gasteiger partial charge is 0.456 e. The summed E-state index contributed by atoms with van der Waals surface area (Å²) in [7, 11) is 0. The summed E-state index contributed by atoms with van der Waals surface area (Å²) in [6, 6.07) is -1.24. The van der Waals surface area contributed by atoms with Crippen molar-refractivity contribution in [3.8, 4) is 0 Å². The number of aliphatic hydroxyl groups excluding tert-OH is 1. The maximum atomic E-state index is 13.6. The number of carbonyl (C=O) groups excluding carboxylic acids is 5. The highest BCUT2D eigenvalue weighted by Gasteiger charge is 2.68. The van der Waals surface area contributed by atoms with Crippen LogP contribution in [-0.4, -0.2) is 80.6 Å². The lowest BCUT2D eigenvalue weighted by Gasteiger charge is -2.60. The molecule has 0 saturated heterocycles. The Morgan fingerprint density at radius 1 is 1.20 bits per heavy atom. The van der Waals surface area contributed by atoms with Gasteiger partial charge < -0.3 is 25.1 Å². The van der Waals surface area contributed by atoms with Gasteiger partial charge in [0.15, 0.2) is 17.5 Å². The van der Waals surface area contributed by atoms with Crippen molar-refractivity contribution >= 4 is 40.3 Å². The Morgan fingerprint density at radius 2 is 1.93 bits per heavy atom. The minimum Gasteiger partial charge on any atom is -0.456 e. The third-order valence-electron chi connectivity index (χ3n) is 10.7. The molecule has 0 radical (unpaired) electrons. The van der Waals surface area contributed by atoms with Crippen molar-refractivity contribution in [2.75, 3.05) is 19.0 Å². The van der Waals surface area contributed by atoms with Crippen LogP contribution in [0.5, 0.6) is 0 Å². The van der Waals surface area contributed by atoms with Crippen molar-refractivity contribution in [2.45, 2.75) is 96.3 Å². The molecule has 4 aliphatic rings. The van der Waals surface area contributed by atoms with Crippen LogP contribution in [0.25, 0.3) is 0 Å². The number of fused-ring (bicyclic) bond motifs is 5. The smallest absolute Gasteiger partial charge is 0.329 e. The van der Waals surface area contributed by atoms with Crippen molar-refractivity contribution in [3.05, 3.63) is 21.8 Å². The summed E-state index contributed by atoms with van der Waals surface area (Å²) in [6.07, 6.45) is 4.57. The molecule has 0 aromatic carbocycles. The first-order chi connectivity index (χ1) is 20.6. The van der Waals surface area contributed by atoms with Gasteiger partial charge in [-0.25, -0.2) is 4.79 Å². The van der Waals surface area contributed by atoms with Crippen LogP contribution in [0.1, 0.15) is 78.6 Å². The summed E-state index contributed by atoms with van der Waals surface area (Å²) in [6.45, 7) is 4.16. The first-order valence-corrected chi connectivity index (χ1v) is 16.1. The van der Waals surface area contributed by atoms with Crippen LogP contribution in [0.3, 0.4) is 0 Å². The molecule has 0 spiro atoms. The number of esters is 1. The van der Waals surface area contributed by atoms with E-state index < -0.39 is 52.5 Å². The Balaban J connectivity index is 1.39. The lowest BCUT2D eigenvalue weighted by atomic mass is 9.45. The Morgan fingerprint density at radius 3 is 2.61 bits per heavy atom. The van der Waals surface area contributed by atoms with E-state index in [1.54, 1.807) is 6.08 Å². The first kappa shape index (κ1) is 34.0. The highest BCUT2D eigenvalue weighted by Crippen LogP contribution is 2.67. The normalized spacial score (nSPS) is 34.8. The first-order valence-electron chi connectivity index (χ1n) is 15.2. The van der Waals surface area contributed by atoms with Gasteiger partial charge in [0, 0.05) is 30.9 Å². The van der Waals surface area contributed by atoms with Gasteiger partial charge >= 0.3 is 5.97 Å². The third kappa shape index (κ3) is 6.57. The van der Waals surface area contributed by atoms with Gasteiger partial charge in [-0.05, 0) is 74.2 Å². The molecule has 244 valence electrons. The number of hydrogen-bond acceptors (Lipinski definition) is 12. The number of allylic oxidation sites excluding steroid dienone is 1. The van der Waals surface area contributed by atoms with E-state index in [4.69, 9.17) is 4.74 Å². The Labute approximate surface area is 260 Å². The van der Waals surface area contributed by atoms with Crippen molar-refractivity contribution in [1.29, 1.82) is 0 Å². The molecule has 0 bridgehead atoms. The Bertz CT molecular complexity index is 1240. The number of rotatable bonds is 12. The predicted molar refractivity (Wildman–Crippen MR) is 156 cm³/mol. The molecule has 1 unspecified atom stereocenters. The van der Waals surface area contributed by atoms with Gasteiger partial charge in [-0.2, -0.15) is 0 Å². The van der Waals surface area contributed by atoms with Crippen LogP contribution in [0, 0.1) is 38.7 Å². The summed E-state index contributed by atoms with van der Waals surface area (Å²) in [5.41, 5.74) is -1.99. The fraction of sp³-hybridized carbons (Fsp3) is 0.767. The molecule has 14 heteroatoms. The van der Waals surface area contributed by atoms with E-state index in [1.165, 1.54) is 6.92 Å². The average Bonchev–Trinajstić information content (AvgIpc) is 3.22. The quantitative estimate of drug-likeness (QED) is 0.122. The van der Waals surface area contributed by atoms with Crippen LogP contribution < -0.4 is 5.32 Å². The minimum absolute atomic E-state index is 0.0400. The molecule has 4 rings (SSSR count). The summed E-state index contributed by atoms with van der Waals surface area (Å²) in [5.74, 6) is -2.29. The molecule has 3 saturated carbocycles. The summed E-state index contributed by atoms with van der Waals surface area (Å²) < 4.78 is 5.27. The molecule has 44 heavy (non-hydrogen) atoms. The van der Waals surface area contributed by atoms with E-state index >= 15 is 0 Å². The third-order valence-corrected chi connectivity index (χ3v) is 11.7. The van der Waals surface area contributed by atoms with Crippen molar-refractivity contribution < 1.29 is 48.8 Å². The zero-order valence-electron chi connectivity index (χ0n) is 25.4. The molecule has 13 nitrogen and oxygen atoms in total. The van der Waals surface area contributed by atoms with Gasteiger partial charge in [0.2, 0.25) is 11.7 Å². The number of aliphatic hydroxyl groups is 2. The highest BCUT2D eigenvalue weighted by molar-refractivity contribution is 8.13. The summed E-state index contributed by atoms with van der Waals surface area (Å²) in [5, 5.41) is 34.7. The molecule has 0 aliphatic heterocycles. The van der Waals surface area contributed by atoms with E-state index in [9.17, 15) is 44.3 Å². The second kappa shape index (κ2) is 13.3. The fourth-order valence-electron chi connectivity index (χ4n) is 8.52. The number of thioether (sulfide) groups is 1. The van der Waals surface area contributed by atoms with E-state index in [-0.39, 0.29) is 72.1 Å². The minimum atomic E-state index is -1.83. The Kier molecular flexibility index (Phi) is 10.3. The van der Waals surface area contributed by atoms with Crippen molar-refractivity contribution in [2.24, 2.45) is 28.6 Å². The summed E-state index contributed by atoms with van der Waals surface area (Å²) in [4.78, 5) is 76.8. The maximum absolute atomic E-state index is 13.6. The van der Waals surface area contributed by atoms with Gasteiger partial charge in [0.05, 0.1) is 12.7 Å². The SMILES string of the molecule is CC(=O)NC(CSC(=O)CCCO[N+](=O)[O-])C(=O)OCC(=O)[C@@]1(O)CC[C@H]2[C@@H]3CCC4=CC(=O)CC[C@]4(C)[C@H]3[C@@H](O)C[C@@]21C. The van der Waals surface area contributed by atoms with E-state index in [2.05, 4.69) is 17.1 Å². The molecule has 3 fully saturated rings. The zero-order valence-corrected chi connectivity index (χ0v) is 26.2. The van der Waals surface area contributed by atoms with Gasteiger partial charge in [-0.1, -0.05) is 31.2 Å². The topological polar surface area (TPSA) is 199 Å². The van der Waals surface area contributed by atoms with E-state index in [0.29, 0.717) is 19.3 Å². The molecule has 8 atom stereocenters. The molecule has 4 aliphatic carbocycles. The maximum Gasteiger partial charge on any atom is 0.329 e. The number of amides is 1. The highest BCUT2D eigenvalue weighted by atomic mass is 32.2. The van der Waals surface area contributed by atoms with Crippen LogP contribution in [0.15, 0.2) is 11.6 Å². The van der Waals surface area contributed by atoms with Crippen LogP contribution in [0.4, 0.5) is 0 Å². The molecule has 0 aromatic heterocycles. The molecule has 3 N–H and O–H groups in total. The second-order valence-electron chi connectivity index (χ2n) is 13.1. The number of ketones is 2. The predicted octanol–water partition coefficient (Wildman–Crippen LogP) is 2.09. The van der Waals surface area contributed by atoms with E-state index in [1.807, 2.05) is 6.92 Å². The average molecular weight is 639 g/mol. The van der Waals surface area contributed by atoms with Gasteiger partial charge in [-0.15, -0.1) is 10.1 Å². The number of nitrogens with zero attached hydrogens (tertiary/aromatic N) is 1. The molecule has 0 aromatic rings. The second-order valence-corrected chi connectivity index (χ2v) is 14.2. The monoisotopic (exact) mass is 638 g/mol. The standard InChI is InChI=1S/C30H42N2O11S/c1-17(33)31-22(16-44-25(37)5-4-12-43-32(40)41)27(38)42-15-24(36)30(39)11-9-21-20-7-6-18-13-19(34)8-10-28(18,2)26(20)23(35)14-29(21,30)3/h13,20-23,26,35,39H,4-12,14-16H2,1-3H3,(H,31,33)/t20-,21-,22?,23-,26+,28-,29-,30-/m0/s1. The van der Waals surface area contributed by atoms with Crippen LogP contribution in [0.2, 0.25) is 0 Å². The molecule has 1 amide bonds. The van der Waals surface area contributed by atoms with Gasteiger partial charge in [0.25, 0.3) is 5.09 Å². The number of ether oxygens (including phenoxy) is 1. The molecular weight excluding hydrogens is 596 g/mol. The lowest BCUT2D eigenvalue weighted by molar-refractivity contribution is -0.757. The number of nitrogens with one attached hydrogen (secondary N) is 1. The van der Waals surface area contributed by atoms with E-state index in [0.717, 1.165) is 30.2 Å². The zero-order chi connectivity index (χ0) is 32.4.